The van der Waals surface area contributed by atoms with Gasteiger partial charge in [-0.15, -0.1) is 0 Å². The molecule has 9 saturated heterocycles. The quantitative estimate of drug-likeness (QED) is 0.0602. The summed E-state index contributed by atoms with van der Waals surface area (Å²) in [6.07, 6.45) is 24.5. The van der Waals surface area contributed by atoms with Crippen molar-refractivity contribution in [3.8, 4) is 57.2 Å². The number of furan rings is 1. The second kappa shape index (κ2) is 32.6. The van der Waals surface area contributed by atoms with E-state index in [0.717, 1.165) is 197 Å². The highest BCUT2D eigenvalue weighted by atomic mass is 16.3. The van der Waals surface area contributed by atoms with Gasteiger partial charge in [-0.2, -0.15) is 15.3 Å². The number of piperidine rings is 3. The van der Waals surface area contributed by atoms with E-state index in [0.29, 0.717) is 78.9 Å². The van der Waals surface area contributed by atoms with Crippen LogP contribution >= 0.6 is 0 Å². The van der Waals surface area contributed by atoms with Crippen LogP contribution in [0.5, 0.6) is 0 Å². The molecule has 6 unspecified atom stereocenters. The molecule has 0 radical (unpaired) electrons. The summed E-state index contributed by atoms with van der Waals surface area (Å²) in [7, 11) is 0. The van der Waals surface area contributed by atoms with E-state index in [2.05, 4.69) is 173 Å². The predicted molar refractivity (Wildman–Crippen MR) is 450 cm³/mol. The first-order valence-electron chi connectivity index (χ1n) is 40.6. The molecule has 594 valence electrons. The smallest absolute Gasteiger partial charge is 0.244 e. The third-order valence-electron chi connectivity index (χ3n) is 23.3. The molecule has 118 heavy (non-hydrogen) atoms. The molecule has 6 bridgehead atoms. The van der Waals surface area contributed by atoms with E-state index >= 15 is 0 Å². The van der Waals surface area contributed by atoms with Gasteiger partial charge in [-0.1, -0.05) is 18.2 Å². The molecule has 10 aliphatic rings. The van der Waals surface area contributed by atoms with Crippen LogP contribution in [0, 0.1) is 48.5 Å². The Morgan fingerprint density at radius 1 is 0.381 bits per heavy atom. The van der Waals surface area contributed by atoms with Gasteiger partial charge < -0.3 is 23.5 Å². The monoisotopic (exact) mass is 1570 g/mol. The number of nitrogens with zero attached hydrogens (tertiary/aromatic N) is 23. The summed E-state index contributed by atoms with van der Waals surface area (Å²) in [6.45, 7) is 23.4. The highest BCUT2D eigenvalue weighted by Gasteiger charge is 2.47. The van der Waals surface area contributed by atoms with E-state index in [9.17, 15) is 0 Å². The molecule has 0 spiro atoms. The summed E-state index contributed by atoms with van der Waals surface area (Å²) < 4.78 is 11.1. The zero-order chi connectivity index (χ0) is 79.9. The molecule has 0 aliphatic carbocycles. The normalized spacial score (nSPS) is 19.2. The van der Waals surface area contributed by atoms with E-state index in [4.69, 9.17) is 38.7 Å². The zero-order valence-electron chi connectivity index (χ0n) is 67.2. The number of aryl methyl sites for hydroxylation is 7. The summed E-state index contributed by atoms with van der Waals surface area (Å²) in [5.74, 6) is 7.42. The van der Waals surface area contributed by atoms with Gasteiger partial charge >= 0.3 is 0 Å². The van der Waals surface area contributed by atoms with Crippen LogP contribution in [0.2, 0.25) is 0 Å². The van der Waals surface area contributed by atoms with Crippen molar-refractivity contribution in [2.24, 2.45) is 4.99 Å². The minimum Gasteiger partial charge on any atom is -0.460 e. The Bertz CT molecular complexity index is 5880. The number of anilines is 3. The number of pyridine rings is 6. The Labute approximate surface area is 683 Å². The first kappa shape index (κ1) is 75.0. The number of fused-ring (bicyclic) bond motifs is 6. The lowest BCUT2D eigenvalue weighted by Crippen LogP contribution is -2.68. The van der Waals surface area contributed by atoms with Crippen molar-refractivity contribution in [1.29, 1.82) is 0 Å². The summed E-state index contributed by atoms with van der Waals surface area (Å²) >= 11 is 0. The van der Waals surface area contributed by atoms with Gasteiger partial charge in [0.05, 0.1) is 52.6 Å². The number of hydrogen-bond acceptors (Lipinski definition) is 25. The fraction of sp³-hybridized carbons (Fsp3) is 0.322. The van der Waals surface area contributed by atoms with Crippen LogP contribution in [-0.2, 0) is 38.9 Å². The third-order valence-corrected chi connectivity index (χ3v) is 23.3. The van der Waals surface area contributed by atoms with Crippen LogP contribution in [0.15, 0.2) is 191 Å². The van der Waals surface area contributed by atoms with Gasteiger partial charge in [-0.3, -0.25) is 49.9 Å². The second-order valence-corrected chi connectivity index (χ2v) is 32.3. The number of aromatic nitrogens is 19. The van der Waals surface area contributed by atoms with Gasteiger partial charge in [0.25, 0.3) is 0 Å². The second-order valence-electron chi connectivity index (χ2n) is 32.3. The number of rotatable bonds is 21. The molecule has 28 heteroatoms. The van der Waals surface area contributed by atoms with Crippen LogP contribution in [0.25, 0.3) is 62.8 Å². The molecule has 10 aliphatic heterocycles. The van der Waals surface area contributed by atoms with E-state index in [-0.39, 0.29) is 0 Å². The highest BCUT2D eigenvalue weighted by Crippen LogP contribution is 2.40. The molecule has 14 aromatic rings. The molecule has 14 aromatic heterocycles. The van der Waals surface area contributed by atoms with Crippen LogP contribution in [0.1, 0.15) is 116 Å². The number of H-pyrrole nitrogens is 3. The number of aliphatic imine (C=N–C) groups is 1. The maximum Gasteiger partial charge on any atom is 0.244 e. The van der Waals surface area contributed by atoms with Gasteiger partial charge in [0.15, 0.2) is 23.2 Å². The van der Waals surface area contributed by atoms with Crippen molar-refractivity contribution in [3.05, 3.63) is 274 Å². The standard InChI is InChI=1S/C31H32N8O.C30H31N9.C29H29N9O/c1-19-10-24(12-25-11-20(2)36-37-25)35-31(34-19)23-6-9-30(33-15-23)38-17-26-13-27(18-38)39(26)16-22-5-7-28(32-14-22)29-8-4-21(3)40-29;1-19-9-24(11-25-10-20(2)36-37-25)35-30(34-19)23-4-6-29(33-15-23)38-17-26-12-27(18-38)39(26)16-21-3-5-28(32-13-21)22-7-8-31-14-22;1-18-9-22(11-23-10-19(2)35-36-23)34-28(33-18)21-4-6-27(32-14-21)37-16-24-12-25(17-37)38(24)15-20-3-5-26(31-13-20)29-30-7-8-39-29/h4-11,14-15,26-27H,12-13,16-18H2,1-3H3,(H,36,37);3-10,13,15,26-27H,11-12,14,16-18H2,1-2H3,(H,36,37);3-10,13-14,24-25H,11-12,15-17H2,1-2H3,(H,35,36). The van der Waals surface area contributed by atoms with Crippen molar-refractivity contribution in [2.75, 3.05) is 60.5 Å². The molecule has 28 nitrogen and oxygen atoms in total. The first-order valence-corrected chi connectivity index (χ1v) is 40.6. The Morgan fingerprint density at radius 2 is 0.780 bits per heavy atom. The highest BCUT2D eigenvalue weighted by molar-refractivity contribution is 5.88. The molecule has 6 atom stereocenters. The maximum absolute atomic E-state index is 5.71. The Hall–Kier alpha value is -13.1. The number of allylic oxidation sites excluding steroid dienone is 1. The molecular weight excluding hydrogens is 1480 g/mol. The number of oxazole rings is 1. The number of aromatic amines is 3. The molecule has 3 N–H and O–H groups in total. The van der Waals surface area contributed by atoms with Gasteiger partial charge in [-0.05, 0) is 194 Å². The van der Waals surface area contributed by atoms with Crippen LogP contribution in [0.4, 0.5) is 17.5 Å². The summed E-state index contributed by atoms with van der Waals surface area (Å²) in [4.78, 5) is 80.2. The van der Waals surface area contributed by atoms with E-state index in [1.54, 1.807) is 12.5 Å². The van der Waals surface area contributed by atoms with Crippen LogP contribution < -0.4 is 14.7 Å². The summed E-state index contributed by atoms with van der Waals surface area (Å²) in [6, 6.07) is 44.6. The van der Waals surface area contributed by atoms with E-state index in [1.165, 1.54) is 41.5 Å². The average molecular weight is 1570 g/mol. The zero-order valence-corrected chi connectivity index (χ0v) is 67.2. The molecule has 0 aromatic carbocycles. The van der Waals surface area contributed by atoms with Crippen molar-refractivity contribution in [2.45, 2.75) is 143 Å². The maximum atomic E-state index is 5.71. The lowest BCUT2D eigenvalue weighted by atomic mass is 9.87. The fourth-order valence-corrected chi connectivity index (χ4v) is 17.4. The van der Waals surface area contributed by atoms with Crippen LogP contribution in [-0.4, -0.2) is 198 Å². The fourth-order valence-electron chi connectivity index (χ4n) is 17.4. The average Bonchev–Trinajstić information content (AvgIpc) is 0.790. The third kappa shape index (κ3) is 16.7. The molecule has 24 heterocycles. The van der Waals surface area contributed by atoms with E-state index in [1.807, 2.05) is 146 Å². The largest absolute Gasteiger partial charge is 0.460 e. The minimum absolute atomic E-state index is 0.519. The lowest BCUT2D eigenvalue weighted by molar-refractivity contribution is -0.00877. The minimum atomic E-state index is 0.519. The van der Waals surface area contributed by atoms with Gasteiger partial charge in [-0.25, -0.2) is 49.8 Å². The van der Waals surface area contributed by atoms with Crippen molar-refractivity contribution < 1.29 is 8.83 Å². The van der Waals surface area contributed by atoms with Gasteiger partial charge in [0.1, 0.15) is 40.9 Å². The summed E-state index contributed by atoms with van der Waals surface area (Å²) in [5.41, 5.74) is 22.1. The lowest BCUT2D eigenvalue weighted by Gasteiger charge is -2.56. The molecule has 0 saturated carbocycles. The predicted octanol–water partition coefficient (Wildman–Crippen LogP) is 12.7. The Kier molecular flexibility index (Phi) is 20.7. The number of piperazine rings is 3. The molecular formula is C90H92N26O2. The SMILES string of the molecule is Cc1cc(Cc2cc(C)[nH]n2)nc(-c2ccc(N3CC4CC(C3)N4Cc3ccc(-c4ccc(C)o4)nc3)nc2)n1.Cc1cc(Cc2cc(C)[nH]n2)nc(-c2ccc(N3CC4CC(C3)N4Cc3ccc(-c4ncco4)nc3)nc2)n1.Cc1cc(Cc2cc(C)[nH]n2)nc(-c2ccc(N3CC4CC(C3)N4Cc3ccc(C4=CC=NC4)nc3)nc2)n1. The topological polar surface area (TPSA) is 312 Å². The van der Waals surface area contributed by atoms with E-state index < -0.39 is 0 Å². The number of hydrogen-bond donors (Lipinski definition) is 3. The van der Waals surface area contributed by atoms with Gasteiger partial charge in [0, 0.05) is 214 Å². The van der Waals surface area contributed by atoms with Crippen molar-refractivity contribution in [3.63, 3.8) is 0 Å². The van der Waals surface area contributed by atoms with Crippen molar-refractivity contribution in [1.82, 2.24) is 110 Å². The number of nitrogens with one attached hydrogen (secondary N) is 3. The van der Waals surface area contributed by atoms with Crippen molar-refractivity contribution >= 4 is 29.2 Å². The Balaban J connectivity index is 0.000000118. The Morgan fingerprint density at radius 3 is 1.09 bits per heavy atom. The molecule has 9 fully saturated rings. The molecule has 24 rings (SSSR count). The summed E-state index contributed by atoms with van der Waals surface area (Å²) in [5, 5.41) is 22.0. The first-order chi connectivity index (χ1) is 57.6. The molecule has 0 amide bonds. The van der Waals surface area contributed by atoms with Crippen LogP contribution in [0.3, 0.4) is 0 Å². The van der Waals surface area contributed by atoms with Gasteiger partial charge in [0.2, 0.25) is 5.89 Å².